The average molecular weight is 383 g/mol. The molecule has 0 atom stereocenters. The lowest BCUT2D eigenvalue weighted by atomic mass is 10.1. The van der Waals surface area contributed by atoms with Crippen molar-refractivity contribution in [1.29, 1.82) is 0 Å². The highest BCUT2D eigenvalue weighted by molar-refractivity contribution is 6.32. The number of aromatic nitrogens is 2. The zero-order chi connectivity index (χ0) is 19.2. The quantitative estimate of drug-likeness (QED) is 0.670. The van der Waals surface area contributed by atoms with Crippen molar-refractivity contribution < 1.29 is 9.53 Å². The van der Waals surface area contributed by atoms with Gasteiger partial charge in [0.1, 0.15) is 17.3 Å². The number of nitrogens with zero attached hydrogens (tertiary/aromatic N) is 2. The summed E-state index contributed by atoms with van der Waals surface area (Å²) >= 11 is 6.10. The Kier molecular flexibility index (Phi) is 5.88. The van der Waals surface area contributed by atoms with Gasteiger partial charge in [0.05, 0.1) is 24.5 Å². The maximum absolute atomic E-state index is 12.2. The third kappa shape index (κ3) is 4.95. The molecule has 0 saturated heterocycles. The minimum absolute atomic E-state index is 0.251. The molecule has 0 aliphatic rings. The Morgan fingerprint density at radius 2 is 2.00 bits per heavy atom. The minimum atomic E-state index is -0.275. The lowest BCUT2D eigenvalue weighted by Crippen LogP contribution is -2.24. The molecular formula is C20H19ClN4O2. The summed E-state index contributed by atoms with van der Waals surface area (Å²) in [6.45, 7) is 2.45. The number of methoxy groups -OCH3 is 1. The normalized spacial score (nSPS) is 10.3. The number of rotatable bonds is 6. The molecule has 0 fully saturated rings. The average Bonchev–Trinajstić information content (AvgIpc) is 2.67. The molecule has 27 heavy (non-hydrogen) atoms. The summed E-state index contributed by atoms with van der Waals surface area (Å²) in [5.74, 6) is 0.823. The molecule has 6 nitrogen and oxygen atoms in total. The molecule has 1 aromatic heterocycles. The number of anilines is 2. The predicted octanol–water partition coefficient (Wildman–Crippen LogP) is 4.12. The smallest absolute Gasteiger partial charge is 0.271 e. The van der Waals surface area contributed by atoms with Gasteiger partial charge in [-0.15, -0.1) is 0 Å². The van der Waals surface area contributed by atoms with E-state index in [0.717, 1.165) is 16.8 Å². The van der Waals surface area contributed by atoms with Gasteiger partial charge < -0.3 is 15.4 Å². The summed E-state index contributed by atoms with van der Waals surface area (Å²) in [7, 11) is 1.56. The second-order valence-electron chi connectivity index (χ2n) is 5.93. The molecular weight excluding hydrogens is 364 g/mol. The summed E-state index contributed by atoms with van der Waals surface area (Å²) in [4.78, 5) is 20.6. The van der Waals surface area contributed by atoms with Crippen LogP contribution in [0.25, 0.3) is 0 Å². The molecule has 0 aliphatic heterocycles. The van der Waals surface area contributed by atoms with Crippen LogP contribution in [0.3, 0.4) is 0 Å². The molecule has 0 spiro atoms. The van der Waals surface area contributed by atoms with Crippen LogP contribution in [0.4, 0.5) is 11.5 Å². The first-order valence-electron chi connectivity index (χ1n) is 8.31. The summed E-state index contributed by atoms with van der Waals surface area (Å²) in [5, 5.41) is 6.41. The number of aryl methyl sites for hydroxylation is 1. The SMILES string of the molecule is COc1ccc(Nc2cnc(C(=O)NCc3cccc(C)c3)cn2)cc1Cl. The van der Waals surface area contributed by atoms with Gasteiger partial charge in [-0.25, -0.2) is 9.97 Å². The molecule has 0 aliphatic carbocycles. The van der Waals surface area contributed by atoms with Crippen molar-refractivity contribution in [2.45, 2.75) is 13.5 Å². The first kappa shape index (κ1) is 18.7. The van der Waals surface area contributed by atoms with Gasteiger partial charge in [-0.05, 0) is 30.7 Å². The molecule has 7 heteroatoms. The Bertz CT molecular complexity index is 945. The van der Waals surface area contributed by atoms with Crippen LogP contribution >= 0.6 is 11.6 Å². The number of benzene rings is 2. The monoisotopic (exact) mass is 382 g/mol. The van der Waals surface area contributed by atoms with E-state index in [1.54, 1.807) is 19.2 Å². The van der Waals surface area contributed by atoms with E-state index < -0.39 is 0 Å². The van der Waals surface area contributed by atoms with E-state index in [9.17, 15) is 4.79 Å². The summed E-state index contributed by atoms with van der Waals surface area (Å²) in [6.07, 6.45) is 2.93. The summed E-state index contributed by atoms with van der Waals surface area (Å²) in [6, 6.07) is 13.3. The zero-order valence-electron chi connectivity index (χ0n) is 15.0. The summed E-state index contributed by atoms with van der Waals surface area (Å²) in [5.41, 5.74) is 3.18. The highest BCUT2D eigenvalue weighted by Crippen LogP contribution is 2.28. The van der Waals surface area contributed by atoms with Crippen molar-refractivity contribution in [2.75, 3.05) is 12.4 Å². The van der Waals surface area contributed by atoms with Crippen LogP contribution in [0, 0.1) is 6.92 Å². The van der Waals surface area contributed by atoms with E-state index >= 15 is 0 Å². The fourth-order valence-corrected chi connectivity index (χ4v) is 2.75. The molecule has 3 rings (SSSR count). The molecule has 2 N–H and O–H groups in total. The van der Waals surface area contributed by atoms with Gasteiger partial charge in [0, 0.05) is 12.2 Å². The van der Waals surface area contributed by atoms with Gasteiger partial charge in [-0.1, -0.05) is 41.4 Å². The zero-order valence-corrected chi connectivity index (χ0v) is 15.7. The fourth-order valence-electron chi connectivity index (χ4n) is 2.50. The Morgan fingerprint density at radius 3 is 2.67 bits per heavy atom. The molecule has 3 aromatic rings. The number of nitrogens with one attached hydrogen (secondary N) is 2. The molecule has 0 bridgehead atoms. The molecule has 0 unspecified atom stereocenters. The second-order valence-corrected chi connectivity index (χ2v) is 6.34. The number of ether oxygens (including phenoxy) is 1. The van der Waals surface area contributed by atoms with Crippen molar-refractivity contribution >= 4 is 29.0 Å². The highest BCUT2D eigenvalue weighted by Gasteiger charge is 2.09. The number of hydrogen-bond acceptors (Lipinski definition) is 5. The van der Waals surface area contributed by atoms with Crippen molar-refractivity contribution in [3.8, 4) is 5.75 Å². The van der Waals surface area contributed by atoms with Crippen molar-refractivity contribution in [1.82, 2.24) is 15.3 Å². The van der Waals surface area contributed by atoms with Crippen LogP contribution in [0.5, 0.6) is 5.75 Å². The van der Waals surface area contributed by atoms with E-state index in [1.807, 2.05) is 37.3 Å². The van der Waals surface area contributed by atoms with E-state index in [4.69, 9.17) is 16.3 Å². The Balaban J connectivity index is 1.61. The van der Waals surface area contributed by atoms with E-state index in [1.165, 1.54) is 12.4 Å². The third-order valence-electron chi connectivity index (χ3n) is 3.84. The maximum Gasteiger partial charge on any atom is 0.271 e. The van der Waals surface area contributed by atoms with Crippen LogP contribution in [-0.2, 0) is 6.54 Å². The van der Waals surface area contributed by atoms with Gasteiger partial charge >= 0.3 is 0 Å². The van der Waals surface area contributed by atoms with E-state index in [0.29, 0.717) is 23.1 Å². The molecule has 1 amide bonds. The molecule has 0 saturated carbocycles. The van der Waals surface area contributed by atoms with Gasteiger partial charge in [-0.3, -0.25) is 4.79 Å². The van der Waals surface area contributed by atoms with Crippen molar-refractivity contribution in [3.63, 3.8) is 0 Å². The van der Waals surface area contributed by atoms with Gasteiger partial charge in [0.2, 0.25) is 0 Å². The Labute approximate surface area is 162 Å². The predicted molar refractivity (Wildman–Crippen MR) is 106 cm³/mol. The molecule has 1 heterocycles. The standard InChI is InChI=1S/C20H19ClN4O2/c1-13-4-3-5-14(8-13)10-24-20(26)17-11-23-19(12-22-17)25-15-6-7-18(27-2)16(21)9-15/h3-9,11-12H,10H2,1-2H3,(H,23,25)(H,24,26). The van der Waals surface area contributed by atoms with Crippen LogP contribution in [0.2, 0.25) is 5.02 Å². The lowest BCUT2D eigenvalue weighted by molar-refractivity contribution is 0.0945. The Morgan fingerprint density at radius 1 is 1.15 bits per heavy atom. The number of halogens is 1. The Hall–Kier alpha value is -3.12. The highest BCUT2D eigenvalue weighted by atomic mass is 35.5. The fraction of sp³-hybridized carbons (Fsp3) is 0.150. The van der Waals surface area contributed by atoms with Gasteiger partial charge in [0.25, 0.3) is 5.91 Å². The largest absolute Gasteiger partial charge is 0.495 e. The van der Waals surface area contributed by atoms with Crippen LogP contribution in [0.1, 0.15) is 21.6 Å². The van der Waals surface area contributed by atoms with Crippen LogP contribution in [0.15, 0.2) is 54.9 Å². The van der Waals surface area contributed by atoms with Gasteiger partial charge in [-0.2, -0.15) is 0 Å². The maximum atomic E-state index is 12.2. The number of carbonyl (C=O) groups excluding carboxylic acids is 1. The molecule has 2 aromatic carbocycles. The van der Waals surface area contributed by atoms with Crippen molar-refractivity contribution in [2.24, 2.45) is 0 Å². The molecule has 138 valence electrons. The minimum Gasteiger partial charge on any atom is -0.495 e. The lowest BCUT2D eigenvalue weighted by Gasteiger charge is -2.09. The summed E-state index contributed by atoms with van der Waals surface area (Å²) < 4.78 is 5.12. The van der Waals surface area contributed by atoms with Crippen LogP contribution < -0.4 is 15.4 Å². The van der Waals surface area contributed by atoms with E-state index in [-0.39, 0.29) is 11.6 Å². The number of carbonyl (C=O) groups is 1. The van der Waals surface area contributed by atoms with Crippen LogP contribution in [-0.4, -0.2) is 23.0 Å². The topological polar surface area (TPSA) is 76.1 Å². The second kappa shape index (κ2) is 8.51. The van der Waals surface area contributed by atoms with E-state index in [2.05, 4.69) is 20.6 Å². The first-order chi connectivity index (χ1) is 13.0. The first-order valence-corrected chi connectivity index (χ1v) is 8.69. The van der Waals surface area contributed by atoms with Crippen molar-refractivity contribution in [3.05, 3.63) is 76.7 Å². The van der Waals surface area contributed by atoms with Gasteiger partial charge in [0.15, 0.2) is 0 Å². The third-order valence-corrected chi connectivity index (χ3v) is 4.14. The molecule has 0 radical (unpaired) electrons. The number of amides is 1. The number of hydrogen-bond donors (Lipinski definition) is 2.